The van der Waals surface area contributed by atoms with Crippen LogP contribution in [0.4, 0.5) is 0 Å². The van der Waals surface area contributed by atoms with E-state index in [9.17, 15) is 10.2 Å². The molecular formula is C21H27NO2. The summed E-state index contributed by atoms with van der Waals surface area (Å²) < 4.78 is 0. The lowest BCUT2D eigenvalue weighted by molar-refractivity contribution is -0.118. The summed E-state index contributed by atoms with van der Waals surface area (Å²) in [6.07, 6.45) is -0.0696. The molecule has 3 nitrogen and oxygen atoms in total. The lowest BCUT2D eigenvalue weighted by Gasteiger charge is -2.46. The van der Waals surface area contributed by atoms with Crippen LogP contribution in [0.2, 0.25) is 0 Å². The SMILES string of the molecule is Cc1ccc(C(O)[C@@H]2CN(C)CC[C@@]2(O)c2ccc(C)cc2)cc1. The molecule has 2 aromatic carbocycles. The van der Waals surface area contributed by atoms with E-state index in [0.717, 1.165) is 17.7 Å². The fraction of sp³-hybridized carbons (Fsp3) is 0.429. The van der Waals surface area contributed by atoms with E-state index in [2.05, 4.69) is 4.90 Å². The number of likely N-dealkylation sites (tertiary alicyclic amines) is 1. The van der Waals surface area contributed by atoms with E-state index < -0.39 is 11.7 Å². The van der Waals surface area contributed by atoms with Crippen LogP contribution in [0, 0.1) is 19.8 Å². The molecule has 3 atom stereocenters. The summed E-state index contributed by atoms with van der Waals surface area (Å²) in [5.41, 5.74) is 3.10. The number of aliphatic hydroxyl groups is 2. The van der Waals surface area contributed by atoms with Crippen LogP contribution in [0.3, 0.4) is 0 Å². The molecule has 1 saturated heterocycles. The van der Waals surface area contributed by atoms with E-state index in [-0.39, 0.29) is 5.92 Å². The van der Waals surface area contributed by atoms with Crippen molar-refractivity contribution in [1.82, 2.24) is 4.90 Å². The second-order valence-corrected chi connectivity index (χ2v) is 7.26. The summed E-state index contributed by atoms with van der Waals surface area (Å²) in [4.78, 5) is 2.19. The van der Waals surface area contributed by atoms with Gasteiger partial charge < -0.3 is 15.1 Å². The first-order valence-corrected chi connectivity index (χ1v) is 8.63. The lowest BCUT2D eigenvalue weighted by atomic mass is 9.72. The van der Waals surface area contributed by atoms with Crippen LogP contribution in [0.5, 0.6) is 0 Å². The van der Waals surface area contributed by atoms with E-state index >= 15 is 0 Å². The van der Waals surface area contributed by atoms with Gasteiger partial charge in [0.1, 0.15) is 0 Å². The van der Waals surface area contributed by atoms with Crippen LogP contribution in [-0.4, -0.2) is 35.3 Å². The van der Waals surface area contributed by atoms with Crippen molar-refractivity contribution < 1.29 is 10.2 Å². The molecule has 0 amide bonds. The first-order chi connectivity index (χ1) is 11.4. The zero-order valence-corrected chi connectivity index (χ0v) is 14.7. The summed E-state index contributed by atoms with van der Waals surface area (Å²) in [6, 6.07) is 16.0. The maximum absolute atomic E-state index is 11.5. The zero-order chi connectivity index (χ0) is 17.3. The Morgan fingerprint density at radius 3 is 2.12 bits per heavy atom. The number of aryl methyl sites for hydroxylation is 2. The van der Waals surface area contributed by atoms with Crippen molar-refractivity contribution in [3.8, 4) is 0 Å². The number of piperidine rings is 1. The monoisotopic (exact) mass is 325 g/mol. The molecule has 1 aliphatic heterocycles. The van der Waals surface area contributed by atoms with Gasteiger partial charge in [-0.15, -0.1) is 0 Å². The van der Waals surface area contributed by atoms with Gasteiger partial charge in [0.15, 0.2) is 0 Å². The molecule has 2 aromatic rings. The van der Waals surface area contributed by atoms with Crippen LogP contribution in [-0.2, 0) is 5.60 Å². The van der Waals surface area contributed by atoms with E-state index in [1.54, 1.807) is 0 Å². The standard InChI is InChI=1S/C21H27NO2/c1-15-4-8-17(9-5-15)20(23)19-14-22(3)13-12-21(19,24)18-10-6-16(2)7-11-18/h4-11,19-20,23-24H,12-14H2,1-3H3/t19-,20?,21+/m0/s1. The van der Waals surface area contributed by atoms with Gasteiger partial charge in [0, 0.05) is 19.0 Å². The van der Waals surface area contributed by atoms with Gasteiger partial charge in [-0.1, -0.05) is 59.7 Å². The Morgan fingerprint density at radius 1 is 1.00 bits per heavy atom. The zero-order valence-electron chi connectivity index (χ0n) is 14.7. The first kappa shape index (κ1) is 17.2. The number of hydrogen-bond acceptors (Lipinski definition) is 3. The second kappa shape index (κ2) is 6.67. The van der Waals surface area contributed by atoms with Crippen molar-refractivity contribution in [3.63, 3.8) is 0 Å². The van der Waals surface area contributed by atoms with E-state index in [1.807, 2.05) is 69.4 Å². The van der Waals surface area contributed by atoms with Gasteiger partial charge in [0.2, 0.25) is 0 Å². The average Bonchev–Trinajstić information content (AvgIpc) is 2.58. The quantitative estimate of drug-likeness (QED) is 0.911. The number of nitrogens with zero attached hydrogens (tertiary/aromatic N) is 1. The highest BCUT2D eigenvalue weighted by atomic mass is 16.3. The Balaban J connectivity index is 1.97. The predicted octanol–water partition coefficient (Wildman–Crippen LogP) is 3.18. The largest absolute Gasteiger partial charge is 0.388 e. The molecule has 1 aliphatic rings. The van der Waals surface area contributed by atoms with Crippen molar-refractivity contribution in [1.29, 1.82) is 0 Å². The Labute approximate surface area is 144 Å². The maximum Gasteiger partial charge on any atom is 0.0977 e. The van der Waals surface area contributed by atoms with Crippen LogP contribution in [0.1, 0.15) is 34.8 Å². The van der Waals surface area contributed by atoms with Crippen LogP contribution < -0.4 is 0 Å². The molecule has 0 saturated carbocycles. The van der Waals surface area contributed by atoms with Crippen molar-refractivity contribution in [2.75, 3.05) is 20.1 Å². The van der Waals surface area contributed by atoms with Crippen LogP contribution in [0.25, 0.3) is 0 Å². The van der Waals surface area contributed by atoms with Gasteiger partial charge in [-0.05, 0) is 38.4 Å². The van der Waals surface area contributed by atoms with Gasteiger partial charge in [-0.25, -0.2) is 0 Å². The summed E-state index contributed by atoms with van der Waals surface area (Å²) in [7, 11) is 2.05. The van der Waals surface area contributed by atoms with Gasteiger partial charge in [0.05, 0.1) is 11.7 Å². The molecule has 2 N–H and O–H groups in total. The third-order valence-electron chi connectivity index (χ3n) is 5.35. The third kappa shape index (κ3) is 3.25. The van der Waals surface area contributed by atoms with Crippen molar-refractivity contribution in [2.24, 2.45) is 5.92 Å². The van der Waals surface area contributed by atoms with Gasteiger partial charge in [-0.2, -0.15) is 0 Å². The Kier molecular flexibility index (Phi) is 4.77. The topological polar surface area (TPSA) is 43.7 Å². The molecule has 3 heteroatoms. The number of rotatable bonds is 3. The molecule has 0 radical (unpaired) electrons. The Bertz CT molecular complexity index is 680. The molecule has 128 valence electrons. The molecule has 1 heterocycles. The second-order valence-electron chi connectivity index (χ2n) is 7.26. The lowest BCUT2D eigenvalue weighted by Crippen LogP contribution is -2.51. The maximum atomic E-state index is 11.5. The van der Waals surface area contributed by atoms with E-state index in [1.165, 1.54) is 11.1 Å². The van der Waals surface area contributed by atoms with Crippen LogP contribution in [0.15, 0.2) is 48.5 Å². The van der Waals surface area contributed by atoms with E-state index in [0.29, 0.717) is 13.0 Å². The molecule has 0 spiro atoms. The van der Waals surface area contributed by atoms with Crippen LogP contribution >= 0.6 is 0 Å². The fourth-order valence-corrected chi connectivity index (χ4v) is 3.68. The summed E-state index contributed by atoms with van der Waals surface area (Å²) in [6.45, 7) is 5.56. The Hall–Kier alpha value is -1.68. The van der Waals surface area contributed by atoms with Gasteiger partial charge in [0.25, 0.3) is 0 Å². The molecule has 0 aromatic heterocycles. The van der Waals surface area contributed by atoms with Crippen molar-refractivity contribution >= 4 is 0 Å². The molecule has 1 fully saturated rings. The predicted molar refractivity (Wildman–Crippen MR) is 96.8 cm³/mol. The third-order valence-corrected chi connectivity index (χ3v) is 5.35. The highest BCUT2D eigenvalue weighted by Crippen LogP contribution is 2.43. The summed E-state index contributed by atoms with van der Waals surface area (Å²) >= 11 is 0. The fourth-order valence-electron chi connectivity index (χ4n) is 3.68. The van der Waals surface area contributed by atoms with Gasteiger partial charge in [-0.3, -0.25) is 0 Å². The minimum atomic E-state index is -1.01. The average molecular weight is 325 g/mol. The minimum absolute atomic E-state index is 0.262. The number of hydrogen-bond donors (Lipinski definition) is 2. The molecule has 1 unspecified atom stereocenters. The smallest absolute Gasteiger partial charge is 0.0977 e. The molecule has 3 rings (SSSR count). The molecule has 0 bridgehead atoms. The summed E-state index contributed by atoms with van der Waals surface area (Å²) in [5.74, 6) is -0.262. The first-order valence-electron chi connectivity index (χ1n) is 8.63. The van der Waals surface area contributed by atoms with Crippen molar-refractivity contribution in [3.05, 3.63) is 70.8 Å². The normalized spacial score (nSPS) is 26.3. The highest BCUT2D eigenvalue weighted by molar-refractivity contribution is 5.31. The van der Waals surface area contributed by atoms with Crippen molar-refractivity contribution in [2.45, 2.75) is 32.0 Å². The Morgan fingerprint density at radius 2 is 1.54 bits per heavy atom. The minimum Gasteiger partial charge on any atom is -0.388 e. The molecular weight excluding hydrogens is 298 g/mol. The highest BCUT2D eigenvalue weighted by Gasteiger charge is 2.45. The molecule has 0 aliphatic carbocycles. The van der Waals surface area contributed by atoms with E-state index in [4.69, 9.17) is 0 Å². The number of aliphatic hydroxyl groups excluding tert-OH is 1. The molecule has 24 heavy (non-hydrogen) atoms. The van der Waals surface area contributed by atoms with Gasteiger partial charge >= 0.3 is 0 Å². The number of benzene rings is 2. The summed E-state index contributed by atoms with van der Waals surface area (Å²) in [5, 5.41) is 22.5.